The Hall–Kier alpha value is -1.04. The quantitative estimate of drug-likeness (QED) is 0.761. The summed E-state index contributed by atoms with van der Waals surface area (Å²) in [7, 11) is -2.90. The second-order valence-corrected chi connectivity index (χ2v) is 6.30. The zero-order valence-electron chi connectivity index (χ0n) is 8.68. The van der Waals surface area contributed by atoms with Crippen LogP contribution < -0.4 is 5.73 Å². The summed E-state index contributed by atoms with van der Waals surface area (Å²) in [5.41, 5.74) is 6.73. The molecule has 1 fully saturated rings. The monoisotopic (exact) mass is 229 g/mol. The number of aromatic nitrogens is 2. The number of rotatable bonds is 1. The summed E-state index contributed by atoms with van der Waals surface area (Å²) < 4.78 is 24.6. The molecular formula is C9H15N3O2S. The molecule has 0 amide bonds. The molecule has 0 aliphatic carbocycles. The summed E-state index contributed by atoms with van der Waals surface area (Å²) in [5, 5.41) is 4.13. The van der Waals surface area contributed by atoms with Crippen LogP contribution in [0.4, 0.5) is 5.82 Å². The Morgan fingerprint density at radius 1 is 1.60 bits per heavy atom. The van der Waals surface area contributed by atoms with Gasteiger partial charge in [-0.2, -0.15) is 5.10 Å². The molecular weight excluding hydrogens is 214 g/mol. The highest BCUT2D eigenvalue weighted by atomic mass is 32.2. The average Bonchev–Trinajstić information content (AvgIpc) is 2.46. The highest BCUT2D eigenvalue weighted by Gasteiger charge is 2.27. The lowest BCUT2D eigenvalue weighted by Crippen LogP contribution is -2.28. The van der Waals surface area contributed by atoms with E-state index in [4.69, 9.17) is 5.73 Å². The summed E-state index contributed by atoms with van der Waals surface area (Å²) in [6.07, 6.45) is 3.21. The van der Waals surface area contributed by atoms with E-state index in [0.29, 0.717) is 18.0 Å². The van der Waals surface area contributed by atoms with Gasteiger partial charge in [0.25, 0.3) is 0 Å². The van der Waals surface area contributed by atoms with Crippen molar-refractivity contribution in [3.05, 3.63) is 11.8 Å². The van der Waals surface area contributed by atoms with E-state index < -0.39 is 9.84 Å². The molecule has 1 unspecified atom stereocenters. The second-order valence-electron chi connectivity index (χ2n) is 4.07. The fraction of sp³-hybridized carbons (Fsp3) is 0.667. The molecule has 0 bridgehead atoms. The molecule has 2 heterocycles. The summed E-state index contributed by atoms with van der Waals surface area (Å²) in [4.78, 5) is 0. The Morgan fingerprint density at radius 2 is 2.33 bits per heavy atom. The fourth-order valence-corrected chi connectivity index (χ4v) is 3.61. The third-order valence-corrected chi connectivity index (χ3v) is 4.61. The topological polar surface area (TPSA) is 78.0 Å². The minimum atomic E-state index is -2.90. The molecule has 15 heavy (non-hydrogen) atoms. The molecule has 1 atom stereocenters. The molecule has 1 saturated heterocycles. The molecule has 1 aromatic rings. The summed E-state index contributed by atoms with van der Waals surface area (Å²) in [6.45, 7) is 1.87. The van der Waals surface area contributed by atoms with E-state index in [2.05, 4.69) is 5.10 Å². The van der Waals surface area contributed by atoms with Gasteiger partial charge in [-0.25, -0.2) is 13.1 Å². The first-order chi connectivity index (χ1) is 6.99. The lowest BCUT2D eigenvalue weighted by molar-refractivity contribution is 0.440. The van der Waals surface area contributed by atoms with Crippen LogP contribution in [-0.2, 0) is 9.84 Å². The molecule has 0 radical (unpaired) electrons. The van der Waals surface area contributed by atoms with Crippen molar-refractivity contribution < 1.29 is 8.42 Å². The normalized spacial score (nSPS) is 25.3. The maximum atomic E-state index is 11.5. The minimum absolute atomic E-state index is 0.0857. The smallest absolute Gasteiger partial charge is 0.152 e. The van der Waals surface area contributed by atoms with Crippen molar-refractivity contribution in [3.63, 3.8) is 0 Å². The SMILES string of the molecule is Cc1cnn(C2CCCS(=O)(=O)C2)c1N. The molecule has 0 saturated carbocycles. The highest BCUT2D eigenvalue weighted by molar-refractivity contribution is 7.91. The maximum absolute atomic E-state index is 11.5. The Balaban J connectivity index is 2.28. The number of aryl methyl sites for hydroxylation is 1. The first kappa shape index (κ1) is 10.5. The number of anilines is 1. The number of hydrogen-bond donors (Lipinski definition) is 1. The number of nitrogen functional groups attached to an aromatic ring is 1. The highest BCUT2D eigenvalue weighted by Crippen LogP contribution is 2.25. The van der Waals surface area contributed by atoms with Crippen molar-refractivity contribution in [3.8, 4) is 0 Å². The van der Waals surface area contributed by atoms with Gasteiger partial charge in [-0.1, -0.05) is 0 Å². The van der Waals surface area contributed by atoms with Crippen molar-refractivity contribution in [1.82, 2.24) is 9.78 Å². The van der Waals surface area contributed by atoms with Gasteiger partial charge in [0.1, 0.15) is 5.82 Å². The van der Waals surface area contributed by atoms with Gasteiger partial charge in [0.2, 0.25) is 0 Å². The lowest BCUT2D eigenvalue weighted by Gasteiger charge is -2.23. The summed E-state index contributed by atoms with van der Waals surface area (Å²) in [5.74, 6) is 1.04. The third-order valence-electron chi connectivity index (χ3n) is 2.81. The zero-order valence-corrected chi connectivity index (χ0v) is 9.50. The minimum Gasteiger partial charge on any atom is -0.384 e. The first-order valence-corrected chi connectivity index (χ1v) is 6.82. The molecule has 0 spiro atoms. The van der Waals surface area contributed by atoms with E-state index in [-0.39, 0.29) is 11.8 Å². The van der Waals surface area contributed by atoms with E-state index >= 15 is 0 Å². The van der Waals surface area contributed by atoms with Crippen LogP contribution in [0.5, 0.6) is 0 Å². The Morgan fingerprint density at radius 3 is 2.87 bits per heavy atom. The lowest BCUT2D eigenvalue weighted by atomic mass is 10.2. The Bertz CT molecular complexity index is 464. The van der Waals surface area contributed by atoms with E-state index in [1.54, 1.807) is 10.9 Å². The van der Waals surface area contributed by atoms with Gasteiger partial charge in [0.05, 0.1) is 23.7 Å². The number of nitrogens with zero attached hydrogens (tertiary/aromatic N) is 2. The number of sulfone groups is 1. The summed E-state index contributed by atoms with van der Waals surface area (Å²) >= 11 is 0. The largest absolute Gasteiger partial charge is 0.384 e. The molecule has 2 N–H and O–H groups in total. The van der Waals surface area contributed by atoms with Crippen molar-refractivity contribution >= 4 is 15.7 Å². The first-order valence-electron chi connectivity index (χ1n) is 4.99. The van der Waals surface area contributed by atoms with Gasteiger partial charge in [0.15, 0.2) is 9.84 Å². The second kappa shape index (κ2) is 3.52. The van der Waals surface area contributed by atoms with Crippen LogP contribution in [0.15, 0.2) is 6.20 Å². The zero-order chi connectivity index (χ0) is 11.1. The van der Waals surface area contributed by atoms with Crippen LogP contribution in [0.2, 0.25) is 0 Å². The molecule has 1 aliphatic rings. The van der Waals surface area contributed by atoms with Crippen LogP contribution >= 0.6 is 0 Å². The van der Waals surface area contributed by atoms with Crippen molar-refractivity contribution in [2.24, 2.45) is 0 Å². The van der Waals surface area contributed by atoms with Crippen LogP contribution in [0.25, 0.3) is 0 Å². The number of nitrogens with two attached hydrogens (primary N) is 1. The van der Waals surface area contributed by atoms with Gasteiger partial charge in [-0.3, -0.25) is 0 Å². The van der Waals surface area contributed by atoms with Gasteiger partial charge in [0, 0.05) is 5.56 Å². The standard InChI is InChI=1S/C9H15N3O2S/c1-7-5-11-12(9(7)10)8-3-2-4-15(13,14)6-8/h5,8H,2-4,6,10H2,1H3. The van der Waals surface area contributed by atoms with Crippen molar-refractivity contribution in [2.75, 3.05) is 17.2 Å². The van der Waals surface area contributed by atoms with E-state index in [1.807, 2.05) is 6.92 Å². The van der Waals surface area contributed by atoms with Gasteiger partial charge < -0.3 is 5.73 Å². The third kappa shape index (κ3) is 1.99. The fourth-order valence-electron chi connectivity index (χ4n) is 1.94. The van der Waals surface area contributed by atoms with Gasteiger partial charge in [-0.05, 0) is 19.8 Å². The Labute approximate surface area is 89.2 Å². The van der Waals surface area contributed by atoms with Crippen LogP contribution in [0.1, 0.15) is 24.4 Å². The molecule has 2 rings (SSSR count). The van der Waals surface area contributed by atoms with E-state index in [9.17, 15) is 8.42 Å². The molecule has 6 heteroatoms. The molecule has 1 aliphatic heterocycles. The average molecular weight is 229 g/mol. The van der Waals surface area contributed by atoms with Gasteiger partial charge in [-0.15, -0.1) is 0 Å². The predicted molar refractivity (Wildman–Crippen MR) is 58.3 cm³/mol. The van der Waals surface area contributed by atoms with E-state index in [1.165, 1.54) is 0 Å². The van der Waals surface area contributed by atoms with Crippen LogP contribution in [0, 0.1) is 6.92 Å². The van der Waals surface area contributed by atoms with Gasteiger partial charge >= 0.3 is 0 Å². The predicted octanol–water partition coefficient (Wildman–Crippen LogP) is 0.523. The molecule has 0 aromatic carbocycles. The Kier molecular flexibility index (Phi) is 2.46. The summed E-state index contributed by atoms with van der Waals surface area (Å²) in [6, 6.07) is -0.0857. The molecule has 1 aromatic heterocycles. The van der Waals surface area contributed by atoms with Crippen LogP contribution in [-0.4, -0.2) is 29.7 Å². The molecule has 84 valence electrons. The molecule has 5 nitrogen and oxygen atoms in total. The number of hydrogen-bond acceptors (Lipinski definition) is 4. The van der Waals surface area contributed by atoms with Crippen molar-refractivity contribution in [2.45, 2.75) is 25.8 Å². The van der Waals surface area contributed by atoms with Crippen molar-refractivity contribution in [1.29, 1.82) is 0 Å². The maximum Gasteiger partial charge on any atom is 0.152 e. The van der Waals surface area contributed by atoms with Crippen LogP contribution in [0.3, 0.4) is 0 Å². The van der Waals surface area contributed by atoms with E-state index in [0.717, 1.165) is 12.0 Å².